The van der Waals surface area contributed by atoms with E-state index in [1.54, 1.807) is 31.4 Å². The van der Waals surface area contributed by atoms with Crippen molar-refractivity contribution in [3.8, 4) is 5.75 Å². The van der Waals surface area contributed by atoms with E-state index in [0.717, 1.165) is 23.6 Å². The fraction of sp³-hybridized carbons (Fsp3) is 0.500. The summed E-state index contributed by atoms with van der Waals surface area (Å²) in [5.74, 6) is 0.543. The van der Waals surface area contributed by atoms with Crippen LogP contribution in [-0.4, -0.2) is 35.2 Å². The van der Waals surface area contributed by atoms with Gasteiger partial charge in [0.15, 0.2) is 0 Å². The molecule has 1 aliphatic carbocycles. The zero-order valence-electron chi connectivity index (χ0n) is 16.1. The minimum absolute atomic E-state index is 0.105. The second-order valence-electron chi connectivity index (χ2n) is 6.94. The number of nitrogens with one attached hydrogen (secondary N) is 2. The molecule has 2 amide bonds. The molecule has 0 aliphatic heterocycles. The van der Waals surface area contributed by atoms with E-state index in [1.165, 1.54) is 30.6 Å². The number of carbonyl (C=O) groups is 2. The first kappa shape index (κ1) is 20.3. The lowest BCUT2D eigenvalue weighted by Gasteiger charge is -2.22. The smallest absolute Gasteiger partial charge is 0.286 e. The van der Waals surface area contributed by atoms with Crippen LogP contribution in [0.1, 0.15) is 59.8 Å². The van der Waals surface area contributed by atoms with Gasteiger partial charge in [0.05, 0.1) is 7.11 Å². The van der Waals surface area contributed by atoms with Gasteiger partial charge in [-0.25, -0.2) is 0 Å². The molecule has 3 rings (SSSR count). The van der Waals surface area contributed by atoms with Gasteiger partial charge in [-0.15, -0.1) is 10.2 Å². The first-order valence-corrected chi connectivity index (χ1v) is 10.5. The van der Waals surface area contributed by atoms with Crippen LogP contribution in [0.2, 0.25) is 0 Å². The Morgan fingerprint density at radius 1 is 1.14 bits per heavy atom. The Labute approximate surface area is 168 Å². The number of amides is 2. The van der Waals surface area contributed by atoms with Gasteiger partial charge in [0.1, 0.15) is 10.8 Å². The maximum atomic E-state index is 12.3. The molecule has 1 aliphatic rings. The Kier molecular flexibility index (Phi) is 7.36. The number of methoxy groups -OCH3 is 1. The van der Waals surface area contributed by atoms with E-state index in [2.05, 4.69) is 20.8 Å². The molecule has 0 atom stereocenters. The topological polar surface area (TPSA) is 93.2 Å². The van der Waals surface area contributed by atoms with Crippen LogP contribution in [0.15, 0.2) is 24.3 Å². The molecule has 0 spiro atoms. The normalized spacial score (nSPS) is 14.5. The van der Waals surface area contributed by atoms with Gasteiger partial charge < -0.3 is 15.4 Å². The number of carbonyl (C=O) groups excluding carboxylic acids is 2. The third-order valence-electron chi connectivity index (χ3n) is 4.77. The molecule has 0 saturated heterocycles. The SMILES string of the molecule is COc1ccc(NC(=O)c2nnc(CCCC(=O)NC3CCCCC3)s2)cc1. The monoisotopic (exact) mass is 402 g/mol. The number of benzene rings is 1. The molecule has 1 fully saturated rings. The van der Waals surface area contributed by atoms with Crippen LogP contribution < -0.4 is 15.4 Å². The summed E-state index contributed by atoms with van der Waals surface area (Å²) in [6, 6.07) is 7.43. The van der Waals surface area contributed by atoms with Gasteiger partial charge in [-0.2, -0.15) is 0 Å². The predicted molar refractivity (Wildman–Crippen MR) is 109 cm³/mol. The average Bonchev–Trinajstić information content (AvgIpc) is 3.18. The standard InChI is InChI=1S/C20H26N4O3S/c1-27-16-12-10-15(11-13-16)22-19(26)20-24-23-18(28-20)9-5-8-17(25)21-14-6-3-2-4-7-14/h10-14H,2-9H2,1H3,(H,21,25)(H,22,26). The number of aromatic nitrogens is 2. The summed E-state index contributed by atoms with van der Waals surface area (Å²) < 4.78 is 5.10. The van der Waals surface area contributed by atoms with Gasteiger partial charge in [0, 0.05) is 24.6 Å². The van der Waals surface area contributed by atoms with Crippen LogP contribution in [0, 0.1) is 0 Å². The van der Waals surface area contributed by atoms with E-state index in [4.69, 9.17) is 4.74 Å². The Bertz CT molecular complexity index is 785. The molecule has 1 saturated carbocycles. The highest BCUT2D eigenvalue weighted by Crippen LogP contribution is 2.19. The van der Waals surface area contributed by atoms with Crippen molar-refractivity contribution in [3.63, 3.8) is 0 Å². The zero-order valence-corrected chi connectivity index (χ0v) is 16.9. The van der Waals surface area contributed by atoms with E-state index in [0.29, 0.717) is 36.0 Å². The highest BCUT2D eigenvalue weighted by atomic mass is 32.1. The second-order valence-corrected chi connectivity index (χ2v) is 8.00. The Morgan fingerprint density at radius 2 is 1.89 bits per heavy atom. The van der Waals surface area contributed by atoms with E-state index >= 15 is 0 Å². The van der Waals surface area contributed by atoms with Crippen molar-refractivity contribution in [1.82, 2.24) is 15.5 Å². The van der Waals surface area contributed by atoms with Gasteiger partial charge in [-0.05, 0) is 43.5 Å². The molecular formula is C20H26N4O3S. The number of anilines is 1. The average molecular weight is 403 g/mol. The molecule has 1 aromatic heterocycles. The van der Waals surface area contributed by atoms with Crippen LogP contribution in [0.5, 0.6) is 5.75 Å². The van der Waals surface area contributed by atoms with E-state index in [1.807, 2.05) is 0 Å². The van der Waals surface area contributed by atoms with Crippen molar-refractivity contribution in [2.24, 2.45) is 0 Å². The van der Waals surface area contributed by atoms with Crippen LogP contribution in [0.4, 0.5) is 5.69 Å². The predicted octanol–water partition coefficient (Wildman–Crippen LogP) is 3.57. The summed E-state index contributed by atoms with van der Waals surface area (Å²) in [7, 11) is 1.59. The lowest BCUT2D eigenvalue weighted by Crippen LogP contribution is -2.36. The lowest BCUT2D eigenvalue weighted by molar-refractivity contribution is -0.122. The van der Waals surface area contributed by atoms with Crippen molar-refractivity contribution < 1.29 is 14.3 Å². The van der Waals surface area contributed by atoms with Crippen LogP contribution in [0.25, 0.3) is 0 Å². The molecule has 8 heteroatoms. The molecule has 1 heterocycles. The van der Waals surface area contributed by atoms with Gasteiger partial charge in [-0.1, -0.05) is 30.6 Å². The molecule has 0 bridgehead atoms. The third-order valence-corrected chi connectivity index (χ3v) is 5.76. The van der Waals surface area contributed by atoms with Gasteiger partial charge in [0.25, 0.3) is 5.91 Å². The fourth-order valence-corrected chi connectivity index (χ4v) is 4.03. The number of ether oxygens (including phenoxy) is 1. The van der Waals surface area contributed by atoms with Gasteiger partial charge >= 0.3 is 0 Å². The minimum Gasteiger partial charge on any atom is -0.497 e. The van der Waals surface area contributed by atoms with Crippen molar-refractivity contribution in [2.75, 3.05) is 12.4 Å². The Morgan fingerprint density at radius 3 is 2.61 bits per heavy atom. The quantitative estimate of drug-likeness (QED) is 0.704. The fourth-order valence-electron chi connectivity index (χ4n) is 3.25. The van der Waals surface area contributed by atoms with Crippen LogP contribution in [-0.2, 0) is 11.2 Å². The van der Waals surface area contributed by atoms with E-state index in [-0.39, 0.29) is 11.8 Å². The third kappa shape index (κ3) is 6.02. The number of rotatable bonds is 8. The van der Waals surface area contributed by atoms with Crippen LogP contribution >= 0.6 is 11.3 Å². The molecule has 7 nitrogen and oxygen atoms in total. The van der Waals surface area contributed by atoms with Crippen molar-refractivity contribution >= 4 is 28.8 Å². The number of hydrogen-bond donors (Lipinski definition) is 2. The molecule has 2 N–H and O–H groups in total. The molecule has 0 unspecified atom stereocenters. The van der Waals surface area contributed by atoms with Gasteiger partial charge in [0.2, 0.25) is 10.9 Å². The Balaban J connectivity index is 1.41. The number of nitrogens with zero attached hydrogens (tertiary/aromatic N) is 2. The maximum Gasteiger partial charge on any atom is 0.286 e. The van der Waals surface area contributed by atoms with E-state index in [9.17, 15) is 9.59 Å². The van der Waals surface area contributed by atoms with Gasteiger partial charge in [-0.3, -0.25) is 9.59 Å². The minimum atomic E-state index is -0.288. The number of hydrogen-bond acceptors (Lipinski definition) is 6. The summed E-state index contributed by atoms with van der Waals surface area (Å²) in [5.41, 5.74) is 0.668. The van der Waals surface area contributed by atoms with Crippen molar-refractivity contribution in [3.05, 3.63) is 34.3 Å². The molecule has 28 heavy (non-hydrogen) atoms. The summed E-state index contributed by atoms with van der Waals surface area (Å²) in [5, 5.41) is 15.0. The summed E-state index contributed by atoms with van der Waals surface area (Å²) in [6.07, 6.45) is 7.69. The largest absolute Gasteiger partial charge is 0.497 e. The van der Waals surface area contributed by atoms with Crippen LogP contribution in [0.3, 0.4) is 0 Å². The summed E-state index contributed by atoms with van der Waals surface area (Å²) in [6.45, 7) is 0. The summed E-state index contributed by atoms with van der Waals surface area (Å²) >= 11 is 1.26. The highest BCUT2D eigenvalue weighted by Gasteiger charge is 2.16. The Hall–Kier alpha value is -2.48. The lowest BCUT2D eigenvalue weighted by atomic mass is 9.95. The number of aryl methyl sites for hydroxylation is 1. The summed E-state index contributed by atoms with van der Waals surface area (Å²) in [4.78, 5) is 24.3. The van der Waals surface area contributed by atoms with E-state index < -0.39 is 0 Å². The van der Waals surface area contributed by atoms with Crippen molar-refractivity contribution in [2.45, 2.75) is 57.4 Å². The molecular weight excluding hydrogens is 376 g/mol. The molecule has 2 aromatic rings. The second kappa shape index (κ2) is 10.2. The molecule has 0 radical (unpaired) electrons. The maximum absolute atomic E-state index is 12.3. The molecule has 1 aromatic carbocycles. The first-order chi connectivity index (χ1) is 13.6. The first-order valence-electron chi connectivity index (χ1n) is 9.71. The highest BCUT2D eigenvalue weighted by molar-refractivity contribution is 7.13. The van der Waals surface area contributed by atoms with Crippen molar-refractivity contribution in [1.29, 1.82) is 0 Å². The molecule has 150 valence electrons. The zero-order chi connectivity index (χ0) is 19.8.